The SMILES string of the molecule is CC1CCC(N(C2CCC(CC3CCCCC3)CC2)C2CCC3CCC4C5C(CCC2C35)CCC4N(C2CCC(C)CC2)C2CCC(CC3CCCCC3)CC2)CC1. The van der Waals surface area contributed by atoms with Crippen LogP contribution in [0.25, 0.3) is 0 Å². The summed E-state index contributed by atoms with van der Waals surface area (Å²) >= 11 is 0. The fourth-order valence-electron chi connectivity index (χ4n) is 18.9. The van der Waals surface area contributed by atoms with Crippen molar-refractivity contribution >= 4 is 0 Å². The summed E-state index contributed by atoms with van der Waals surface area (Å²) in [6.45, 7) is 5.15. The average molecular weight is 797 g/mol. The normalized spacial score (nSPS) is 47.2. The van der Waals surface area contributed by atoms with Crippen LogP contribution in [0.1, 0.15) is 245 Å². The van der Waals surface area contributed by atoms with Gasteiger partial charge in [0.2, 0.25) is 0 Å². The molecule has 330 valence electrons. The fourth-order valence-corrected chi connectivity index (χ4v) is 18.9. The van der Waals surface area contributed by atoms with Gasteiger partial charge in [-0.1, -0.05) is 78.1 Å². The summed E-state index contributed by atoms with van der Waals surface area (Å²) in [7, 11) is 0. The molecule has 10 fully saturated rings. The summed E-state index contributed by atoms with van der Waals surface area (Å²) in [4.78, 5) is 6.88. The highest BCUT2D eigenvalue weighted by Crippen LogP contribution is 2.62. The maximum atomic E-state index is 3.44. The predicted octanol–water partition coefficient (Wildman–Crippen LogP) is 15.4. The van der Waals surface area contributed by atoms with E-state index in [0.29, 0.717) is 0 Å². The Morgan fingerprint density at radius 3 is 0.966 bits per heavy atom. The standard InChI is InChI=1S/C56H96N2/c1-39-13-25-47(26-14-39)57(49-29-17-43(18-30-49)37-41-9-5-3-6-10-41)53-35-23-45-22-34-52-54(36-24-46-21-33-51(53)55(45)56(46)52)58(48-27-15-40(2)16-28-48)50-31-19-44(20-32-50)38-42-11-7-4-8-12-42/h39-56H,3-38H2,1-2H3. The van der Waals surface area contributed by atoms with Gasteiger partial charge in [-0.2, -0.15) is 0 Å². The molecule has 0 bridgehead atoms. The van der Waals surface area contributed by atoms with Crippen molar-refractivity contribution < 1.29 is 0 Å². The summed E-state index contributed by atoms with van der Waals surface area (Å²) in [5.74, 6) is 12.6. The number of rotatable bonds is 10. The van der Waals surface area contributed by atoms with Gasteiger partial charge < -0.3 is 0 Å². The molecule has 0 amide bonds. The minimum Gasteiger partial charge on any atom is -0.294 e. The summed E-state index contributed by atoms with van der Waals surface area (Å²) < 4.78 is 0. The van der Waals surface area contributed by atoms with E-state index in [4.69, 9.17) is 0 Å². The van der Waals surface area contributed by atoms with Gasteiger partial charge in [0.15, 0.2) is 0 Å². The molecule has 10 aliphatic carbocycles. The van der Waals surface area contributed by atoms with E-state index >= 15 is 0 Å². The van der Waals surface area contributed by atoms with E-state index < -0.39 is 0 Å². The molecule has 0 saturated heterocycles. The lowest BCUT2D eigenvalue weighted by Crippen LogP contribution is -2.64. The lowest BCUT2D eigenvalue weighted by molar-refractivity contribution is -0.150. The molecule has 10 saturated carbocycles. The van der Waals surface area contributed by atoms with Crippen LogP contribution in [0.2, 0.25) is 0 Å². The Bertz CT molecular complexity index is 1140. The maximum Gasteiger partial charge on any atom is 0.0132 e. The zero-order chi connectivity index (χ0) is 39.0. The molecule has 10 aliphatic rings. The fraction of sp³-hybridized carbons (Fsp3) is 1.00. The van der Waals surface area contributed by atoms with Crippen molar-refractivity contribution in [2.24, 2.45) is 71.0 Å². The molecule has 8 unspecified atom stereocenters. The van der Waals surface area contributed by atoms with Gasteiger partial charge in [0.05, 0.1) is 0 Å². The first-order valence-electron chi connectivity index (χ1n) is 28.1. The Labute approximate surface area is 360 Å². The van der Waals surface area contributed by atoms with Crippen LogP contribution in [0.5, 0.6) is 0 Å². The molecule has 0 radical (unpaired) electrons. The summed E-state index contributed by atoms with van der Waals surface area (Å²) in [5, 5.41) is 0. The van der Waals surface area contributed by atoms with Gasteiger partial charge in [0, 0.05) is 36.3 Å². The maximum absolute atomic E-state index is 3.44. The van der Waals surface area contributed by atoms with Gasteiger partial charge in [0.25, 0.3) is 0 Å². The van der Waals surface area contributed by atoms with Gasteiger partial charge in [0.1, 0.15) is 0 Å². The van der Waals surface area contributed by atoms with Crippen LogP contribution in [-0.2, 0) is 0 Å². The number of hydrogen-bond acceptors (Lipinski definition) is 2. The predicted molar refractivity (Wildman–Crippen MR) is 246 cm³/mol. The minimum absolute atomic E-state index is 0.909. The molecule has 0 heterocycles. The first-order valence-corrected chi connectivity index (χ1v) is 28.1. The molecule has 0 spiro atoms. The highest BCUT2D eigenvalue weighted by Gasteiger charge is 2.58. The largest absolute Gasteiger partial charge is 0.294 e. The lowest BCUT2D eigenvalue weighted by Gasteiger charge is -2.64. The Balaban J connectivity index is 0.865. The van der Waals surface area contributed by atoms with Crippen LogP contribution in [-0.4, -0.2) is 46.1 Å². The summed E-state index contributed by atoms with van der Waals surface area (Å²) in [6.07, 6.45) is 55.9. The second-order valence-electron chi connectivity index (χ2n) is 25.0. The zero-order valence-corrected chi connectivity index (χ0v) is 38.7. The van der Waals surface area contributed by atoms with Crippen molar-refractivity contribution in [2.75, 3.05) is 0 Å². The molecular formula is C56H96N2. The van der Waals surface area contributed by atoms with Crippen molar-refractivity contribution in [1.29, 1.82) is 0 Å². The van der Waals surface area contributed by atoms with Crippen LogP contribution in [0.4, 0.5) is 0 Å². The van der Waals surface area contributed by atoms with Crippen LogP contribution in [0.3, 0.4) is 0 Å². The van der Waals surface area contributed by atoms with Crippen LogP contribution in [0.15, 0.2) is 0 Å². The van der Waals surface area contributed by atoms with Gasteiger partial charge in [-0.15, -0.1) is 0 Å². The third kappa shape index (κ3) is 9.13. The van der Waals surface area contributed by atoms with Crippen molar-refractivity contribution in [3.05, 3.63) is 0 Å². The van der Waals surface area contributed by atoms with E-state index in [1.54, 1.807) is 141 Å². The minimum atomic E-state index is 0.909. The number of nitrogens with zero attached hydrogens (tertiary/aromatic N) is 2. The van der Waals surface area contributed by atoms with E-state index in [1.807, 2.05) is 0 Å². The van der Waals surface area contributed by atoms with Crippen LogP contribution < -0.4 is 0 Å². The van der Waals surface area contributed by atoms with E-state index in [9.17, 15) is 0 Å². The molecule has 10 rings (SSSR count). The van der Waals surface area contributed by atoms with Crippen molar-refractivity contribution in [3.8, 4) is 0 Å². The Morgan fingerprint density at radius 1 is 0.293 bits per heavy atom. The first-order chi connectivity index (χ1) is 28.6. The molecule has 0 N–H and O–H groups in total. The average Bonchev–Trinajstić information content (AvgIpc) is 3.27. The summed E-state index contributed by atoms with van der Waals surface area (Å²) in [6, 6.07) is 5.50. The highest BCUT2D eigenvalue weighted by molar-refractivity contribution is 5.10. The van der Waals surface area contributed by atoms with E-state index in [1.165, 1.54) is 89.9 Å². The van der Waals surface area contributed by atoms with Gasteiger partial charge in [-0.05, 0) is 238 Å². The molecule has 58 heavy (non-hydrogen) atoms. The number of hydrogen-bond donors (Lipinski definition) is 0. The van der Waals surface area contributed by atoms with Gasteiger partial charge >= 0.3 is 0 Å². The van der Waals surface area contributed by atoms with E-state index in [-0.39, 0.29) is 0 Å². The smallest absolute Gasteiger partial charge is 0.0132 e. The topological polar surface area (TPSA) is 6.48 Å². The molecule has 0 aromatic heterocycles. The summed E-state index contributed by atoms with van der Waals surface area (Å²) in [5.41, 5.74) is 0. The molecule has 8 atom stereocenters. The van der Waals surface area contributed by atoms with E-state index in [2.05, 4.69) is 23.6 Å². The van der Waals surface area contributed by atoms with Gasteiger partial charge in [-0.25, -0.2) is 0 Å². The Kier molecular flexibility index (Phi) is 14.0. The first kappa shape index (κ1) is 41.9. The third-order valence-corrected chi connectivity index (χ3v) is 21.8. The van der Waals surface area contributed by atoms with Crippen molar-refractivity contribution in [2.45, 2.75) is 281 Å². The highest BCUT2D eigenvalue weighted by atomic mass is 15.2. The Morgan fingerprint density at radius 2 is 0.603 bits per heavy atom. The zero-order valence-electron chi connectivity index (χ0n) is 38.7. The Hall–Kier alpha value is -0.0800. The third-order valence-electron chi connectivity index (χ3n) is 21.8. The quantitative estimate of drug-likeness (QED) is 0.217. The van der Waals surface area contributed by atoms with Crippen molar-refractivity contribution in [1.82, 2.24) is 9.80 Å². The monoisotopic (exact) mass is 797 g/mol. The lowest BCUT2D eigenvalue weighted by atomic mass is 9.46. The van der Waals surface area contributed by atoms with Gasteiger partial charge in [-0.3, -0.25) is 9.80 Å². The molecule has 0 aromatic rings. The molecule has 2 nitrogen and oxygen atoms in total. The second-order valence-corrected chi connectivity index (χ2v) is 25.0. The molecular weight excluding hydrogens is 701 g/mol. The molecule has 2 heteroatoms. The van der Waals surface area contributed by atoms with Crippen LogP contribution >= 0.6 is 0 Å². The van der Waals surface area contributed by atoms with Crippen molar-refractivity contribution in [3.63, 3.8) is 0 Å². The van der Waals surface area contributed by atoms with Crippen LogP contribution in [0, 0.1) is 71.0 Å². The molecule has 0 aliphatic heterocycles. The second kappa shape index (κ2) is 19.3. The van der Waals surface area contributed by atoms with E-state index in [0.717, 1.165) is 107 Å². The molecule has 0 aromatic carbocycles.